The molecule has 0 aliphatic rings. The smallest absolute Gasteiger partial charge is 0.155 e. The number of phenols is 1. The average Bonchev–Trinajstić information content (AvgIpc) is 2.09. The van der Waals surface area contributed by atoms with Crippen LogP contribution in [0.3, 0.4) is 0 Å². The van der Waals surface area contributed by atoms with Crippen molar-refractivity contribution in [2.24, 2.45) is 0 Å². The molecule has 0 aliphatic carbocycles. The maximum absolute atomic E-state index is 10.5. The number of benzene rings is 1. The fraction of sp³-hybridized carbons (Fsp3) is 0.125. The Morgan fingerprint density at radius 1 is 1.58 bits per heavy atom. The van der Waals surface area contributed by atoms with Crippen LogP contribution in [0.2, 0.25) is 0 Å². The minimum Gasteiger partial charge on any atom is -0.507 e. The Hall–Kier alpha value is -1.03. The van der Waals surface area contributed by atoms with Gasteiger partial charge in [0, 0.05) is 0 Å². The van der Waals surface area contributed by atoms with Gasteiger partial charge in [0.15, 0.2) is 6.29 Å². The van der Waals surface area contributed by atoms with Gasteiger partial charge in [0.05, 0.1) is 17.1 Å². The zero-order valence-corrected chi connectivity index (χ0v) is 7.96. The monoisotopic (exact) mass is 230 g/mol. The van der Waals surface area contributed by atoms with E-state index < -0.39 is 0 Å². The average molecular weight is 231 g/mol. The van der Waals surface area contributed by atoms with Crippen molar-refractivity contribution in [1.29, 1.82) is 0 Å². The lowest BCUT2D eigenvalue weighted by Crippen LogP contribution is -1.91. The van der Waals surface area contributed by atoms with Crippen LogP contribution in [0.1, 0.15) is 10.4 Å². The molecule has 0 unspecified atom stereocenters. The molecule has 0 amide bonds. The molecule has 0 radical (unpaired) electrons. The molecule has 12 heavy (non-hydrogen) atoms. The SMILES string of the molecule is COc1ccc(O)c(Br)c1C=O. The molecule has 0 saturated carbocycles. The summed E-state index contributed by atoms with van der Waals surface area (Å²) < 4.78 is 5.26. The van der Waals surface area contributed by atoms with Crippen LogP contribution in [-0.4, -0.2) is 18.5 Å². The molecule has 0 aromatic heterocycles. The molecule has 1 rings (SSSR count). The highest BCUT2D eigenvalue weighted by Crippen LogP contribution is 2.32. The summed E-state index contributed by atoms with van der Waals surface area (Å²) in [7, 11) is 1.46. The summed E-state index contributed by atoms with van der Waals surface area (Å²) in [6.07, 6.45) is 0.628. The van der Waals surface area contributed by atoms with Crippen molar-refractivity contribution in [2.45, 2.75) is 0 Å². The van der Waals surface area contributed by atoms with Gasteiger partial charge in [0.25, 0.3) is 0 Å². The number of carbonyl (C=O) groups is 1. The minimum absolute atomic E-state index is 0.0258. The summed E-state index contributed by atoms with van der Waals surface area (Å²) >= 11 is 3.07. The largest absolute Gasteiger partial charge is 0.507 e. The number of methoxy groups -OCH3 is 1. The molecule has 1 N–H and O–H groups in total. The number of carbonyl (C=O) groups excluding carboxylic acids is 1. The molecule has 1 aromatic carbocycles. The van der Waals surface area contributed by atoms with E-state index in [1.165, 1.54) is 19.2 Å². The third-order valence-corrected chi connectivity index (χ3v) is 2.29. The van der Waals surface area contributed by atoms with E-state index in [0.29, 0.717) is 22.1 Å². The second-order valence-corrected chi connectivity index (χ2v) is 2.93. The van der Waals surface area contributed by atoms with Crippen molar-refractivity contribution >= 4 is 22.2 Å². The van der Waals surface area contributed by atoms with Crippen LogP contribution in [0.4, 0.5) is 0 Å². The fourth-order valence-corrected chi connectivity index (χ4v) is 1.27. The van der Waals surface area contributed by atoms with Crippen molar-refractivity contribution in [3.8, 4) is 11.5 Å². The third kappa shape index (κ3) is 1.43. The second-order valence-electron chi connectivity index (χ2n) is 2.13. The van der Waals surface area contributed by atoms with Gasteiger partial charge in [-0.1, -0.05) is 0 Å². The van der Waals surface area contributed by atoms with Gasteiger partial charge >= 0.3 is 0 Å². The normalized spacial score (nSPS) is 9.50. The van der Waals surface area contributed by atoms with E-state index in [2.05, 4.69) is 15.9 Å². The Morgan fingerprint density at radius 3 is 2.75 bits per heavy atom. The molecule has 0 atom stereocenters. The molecule has 0 aliphatic heterocycles. The molecule has 64 valence electrons. The third-order valence-electron chi connectivity index (χ3n) is 1.46. The number of hydrogen-bond donors (Lipinski definition) is 1. The van der Waals surface area contributed by atoms with Crippen molar-refractivity contribution in [3.63, 3.8) is 0 Å². The molecule has 4 heteroatoms. The number of aldehydes is 1. The summed E-state index contributed by atoms with van der Waals surface area (Å²) in [6.45, 7) is 0. The minimum atomic E-state index is 0.0258. The quantitative estimate of drug-likeness (QED) is 0.791. The highest BCUT2D eigenvalue weighted by molar-refractivity contribution is 9.10. The predicted octanol–water partition coefficient (Wildman–Crippen LogP) is 1.98. The molecule has 0 saturated heterocycles. The molecule has 0 heterocycles. The van der Waals surface area contributed by atoms with Crippen LogP contribution < -0.4 is 4.74 Å². The highest BCUT2D eigenvalue weighted by Gasteiger charge is 2.09. The van der Waals surface area contributed by atoms with Crippen LogP contribution >= 0.6 is 15.9 Å². The molecule has 0 bridgehead atoms. The number of halogens is 1. The van der Waals surface area contributed by atoms with E-state index in [1.807, 2.05) is 0 Å². The highest BCUT2D eigenvalue weighted by atomic mass is 79.9. The van der Waals surface area contributed by atoms with Crippen molar-refractivity contribution in [3.05, 3.63) is 22.2 Å². The fourth-order valence-electron chi connectivity index (χ4n) is 0.852. The Bertz CT molecular complexity index is 309. The van der Waals surface area contributed by atoms with Gasteiger partial charge in [-0.25, -0.2) is 0 Å². The molecule has 0 fully saturated rings. The summed E-state index contributed by atoms with van der Waals surface area (Å²) in [4.78, 5) is 10.5. The van der Waals surface area contributed by atoms with Gasteiger partial charge in [-0.2, -0.15) is 0 Å². The van der Waals surface area contributed by atoms with Gasteiger partial charge in [0.2, 0.25) is 0 Å². The molecule has 1 aromatic rings. The van der Waals surface area contributed by atoms with E-state index in [4.69, 9.17) is 4.74 Å². The van der Waals surface area contributed by atoms with Gasteiger partial charge in [-0.15, -0.1) is 0 Å². The first-order chi connectivity index (χ1) is 5.70. The van der Waals surface area contributed by atoms with Gasteiger partial charge in [0.1, 0.15) is 11.5 Å². The van der Waals surface area contributed by atoms with Gasteiger partial charge in [-0.05, 0) is 28.1 Å². The zero-order valence-electron chi connectivity index (χ0n) is 6.37. The Labute approximate surface area is 78.1 Å². The van der Waals surface area contributed by atoms with Crippen molar-refractivity contribution in [2.75, 3.05) is 7.11 Å². The van der Waals surface area contributed by atoms with Crippen LogP contribution in [0.25, 0.3) is 0 Å². The lowest BCUT2D eigenvalue weighted by Gasteiger charge is -2.05. The van der Waals surface area contributed by atoms with Crippen LogP contribution in [-0.2, 0) is 0 Å². The van der Waals surface area contributed by atoms with E-state index >= 15 is 0 Å². The lowest BCUT2D eigenvalue weighted by molar-refractivity contribution is 0.111. The Kier molecular flexibility index (Phi) is 2.70. The van der Waals surface area contributed by atoms with E-state index in [9.17, 15) is 9.90 Å². The lowest BCUT2D eigenvalue weighted by atomic mass is 10.2. The van der Waals surface area contributed by atoms with Crippen LogP contribution in [0.15, 0.2) is 16.6 Å². The number of rotatable bonds is 2. The Morgan fingerprint density at radius 2 is 2.25 bits per heavy atom. The molecule has 3 nitrogen and oxygen atoms in total. The first kappa shape index (κ1) is 9.06. The number of phenolic OH excluding ortho intramolecular Hbond substituents is 1. The van der Waals surface area contributed by atoms with E-state index in [1.54, 1.807) is 0 Å². The topological polar surface area (TPSA) is 46.5 Å². The predicted molar refractivity (Wildman–Crippen MR) is 47.7 cm³/mol. The summed E-state index contributed by atoms with van der Waals surface area (Å²) in [5, 5.41) is 9.19. The van der Waals surface area contributed by atoms with E-state index in [-0.39, 0.29) is 5.75 Å². The maximum Gasteiger partial charge on any atom is 0.155 e. The van der Waals surface area contributed by atoms with E-state index in [0.717, 1.165) is 0 Å². The summed E-state index contributed by atoms with van der Waals surface area (Å²) in [5.41, 5.74) is 0.317. The van der Waals surface area contributed by atoms with Crippen molar-refractivity contribution < 1.29 is 14.6 Å². The number of aromatic hydroxyl groups is 1. The summed E-state index contributed by atoms with van der Waals surface area (Å²) in [5.74, 6) is 0.465. The first-order valence-corrected chi connectivity index (χ1v) is 4.00. The molecule has 0 spiro atoms. The van der Waals surface area contributed by atoms with Crippen LogP contribution in [0, 0.1) is 0 Å². The molecular formula is C8H7BrO3. The van der Waals surface area contributed by atoms with Crippen LogP contribution in [0.5, 0.6) is 11.5 Å². The zero-order chi connectivity index (χ0) is 9.14. The van der Waals surface area contributed by atoms with Crippen molar-refractivity contribution in [1.82, 2.24) is 0 Å². The first-order valence-electron chi connectivity index (χ1n) is 3.21. The van der Waals surface area contributed by atoms with Gasteiger partial charge in [-0.3, -0.25) is 4.79 Å². The Balaban J connectivity index is 3.35. The maximum atomic E-state index is 10.5. The second kappa shape index (κ2) is 3.58. The standard InChI is InChI=1S/C8H7BrO3/c1-12-7-3-2-6(11)8(9)5(7)4-10/h2-4,11H,1H3. The number of hydrogen-bond acceptors (Lipinski definition) is 3. The molecular weight excluding hydrogens is 224 g/mol. The number of ether oxygens (including phenoxy) is 1. The van der Waals surface area contributed by atoms with Gasteiger partial charge < -0.3 is 9.84 Å². The summed E-state index contributed by atoms with van der Waals surface area (Å²) in [6, 6.07) is 2.99.